The van der Waals surface area contributed by atoms with E-state index in [1.807, 2.05) is 55.5 Å². The average Bonchev–Trinajstić information content (AvgIpc) is 3.19. The summed E-state index contributed by atoms with van der Waals surface area (Å²) in [7, 11) is 0. The Balaban J connectivity index is 1.62. The van der Waals surface area contributed by atoms with Gasteiger partial charge in [-0.2, -0.15) is 0 Å². The fraction of sp³-hybridized carbons (Fsp3) is 0.0909. The van der Waals surface area contributed by atoms with Gasteiger partial charge in [-0.25, -0.2) is 4.98 Å². The molecular weight excluding hydrogens is 374 g/mol. The number of aromatic nitrogens is 1. The Morgan fingerprint density at radius 2 is 1.82 bits per heavy atom. The third-order valence-corrected chi connectivity index (χ3v) is 4.69. The monoisotopic (exact) mass is 391 g/mol. The average molecular weight is 392 g/mol. The van der Waals surface area contributed by atoms with Gasteiger partial charge in [0.1, 0.15) is 17.1 Å². The second kappa shape index (κ2) is 7.74. The van der Waals surface area contributed by atoms with E-state index in [1.165, 1.54) is 0 Å². The lowest BCUT2D eigenvalue weighted by atomic mass is 10.1. The first-order valence-electron chi connectivity index (χ1n) is 8.87. The number of halogens is 1. The molecule has 4 rings (SSSR count). The number of hydrogen-bond acceptors (Lipinski definition) is 4. The van der Waals surface area contributed by atoms with Crippen LogP contribution in [0.1, 0.15) is 29.0 Å². The number of nitrogens with one attached hydrogen (secondary N) is 2. The summed E-state index contributed by atoms with van der Waals surface area (Å²) < 4.78 is 5.51. The van der Waals surface area contributed by atoms with E-state index in [1.54, 1.807) is 24.5 Å². The number of rotatable bonds is 5. The van der Waals surface area contributed by atoms with Crippen LogP contribution in [-0.2, 0) is 0 Å². The van der Waals surface area contributed by atoms with Crippen molar-refractivity contribution in [2.45, 2.75) is 13.0 Å². The van der Waals surface area contributed by atoms with Crippen molar-refractivity contribution in [3.63, 3.8) is 0 Å². The largest absolute Gasteiger partial charge is 0.464 e. The van der Waals surface area contributed by atoms with Gasteiger partial charge in [0.2, 0.25) is 0 Å². The summed E-state index contributed by atoms with van der Waals surface area (Å²) in [6, 6.07) is 20.4. The van der Waals surface area contributed by atoms with Gasteiger partial charge in [-0.15, -0.1) is 0 Å². The molecule has 0 radical (unpaired) electrons. The van der Waals surface area contributed by atoms with Crippen LogP contribution in [0.15, 0.2) is 77.4 Å². The van der Waals surface area contributed by atoms with Crippen LogP contribution in [0.25, 0.3) is 11.0 Å². The van der Waals surface area contributed by atoms with Crippen molar-refractivity contribution in [1.82, 2.24) is 10.3 Å². The van der Waals surface area contributed by atoms with E-state index in [0.29, 0.717) is 16.4 Å². The molecule has 0 aliphatic rings. The normalized spacial score (nSPS) is 11.9. The van der Waals surface area contributed by atoms with Crippen molar-refractivity contribution in [2.24, 2.45) is 0 Å². The standard InChI is InChI=1S/C22H18ClN3O2/c1-14(15-5-3-2-4-6-15)24-22(27)19-13-20-18(11-12-28-20)21(26-19)25-17-9-7-16(23)8-10-17/h2-14H,1H3,(H,24,27)(H,25,26)/t14-/m1/s1. The number of carbonyl (C=O) groups excluding carboxylic acids is 1. The highest BCUT2D eigenvalue weighted by molar-refractivity contribution is 6.30. The number of carbonyl (C=O) groups is 1. The van der Waals surface area contributed by atoms with E-state index in [0.717, 1.165) is 16.6 Å². The van der Waals surface area contributed by atoms with Crippen molar-refractivity contribution in [3.05, 3.63) is 89.3 Å². The van der Waals surface area contributed by atoms with Crippen molar-refractivity contribution in [2.75, 3.05) is 5.32 Å². The number of furan rings is 1. The van der Waals surface area contributed by atoms with Crippen LogP contribution in [0.2, 0.25) is 5.02 Å². The quantitative estimate of drug-likeness (QED) is 0.457. The van der Waals surface area contributed by atoms with Gasteiger partial charge < -0.3 is 15.1 Å². The number of nitrogens with zero attached hydrogens (tertiary/aromatic N) is 1. The maximum atomic E-state index is 12.8. The molecule has 2 aromatic carbocycles. The molecule has 0 bridgehead atoms. The van der Waals surface area contributed by atoms with E-state index in [9.17, 15) is 4.79 Å². The zero-order chi connectivity index (χ0) is 19.5. The molecule has 2 N–H and O–H groups in total. The minimum absolute atomic E-state index is 0.143. The SMILES string of the molecule is C[C@@H](NC(=O)c1cc2occc2c(Nc2ccc(Cl)cc2)n1)c1ccccc1. The second-order valence-corrected chi connectivity index (χ2v) is 6.86. The minimum atomic E-state index is -0.270. The highest BCUT2D eigenvalue weighted by Crippen LogP contribution is 2.27. The first-order valence-corrected chi connectivity index (χ1v) is 9.24. The predicted octanol–water partition coefficient (Wildman–Crippen LogP) is 5.72. The first-order chi connectivity index (χ1) is 13.6. The first kappa shape index (κ1) is 18.1. The maximum Gasteiger partial charge on any atom is 0.270 e. The lowest BCUT2D eigenvalue weighted by molar-refractivity contribution is 0.0935. The fourth-order valence-electron chi connectivity index (χ4n) is 2.94. The molecule has 0 spiro atoms. The third kappa shape index (κ3) is 3.85. The van der Waals surface area contributed by atoms with Crippen LogP contribution < -0.4 is 10.6 Å². The van der Waals surface area contributed by atoms with Crippen LogP contribution in [0, 0.1) is 0 Å². The van der Waals surface area contributed by atoms with Gasteiger partial charge in [0, 0.05) is 16.8 Å². The summed E-state index contributed by atoms with van der Waals surface area (Å²) in [6.07, 6.45) is 1.58. The Labute approximate surface area is 167 Å². The van der Waals surface area contributed by atoms with Crippen LogP contribution in [0.3, 0.4) is 0 Å². The summed E-state index contributed by atoms with van der Waals surface area (Å²) in [5, 5.41) is 7.65. The summed E-state index contributed by atoms with van der Waals surface area (Å²) in [4.78, 5) is 17.3. The number of hydrogen-bond donors (Lipinski definition) is 2. The number of benzene rings is 2. The third-order valence-electron chi connectivity index (χ3n) is 4.44. The Bertz CT molecular complexity index is 1110. The van der Waals surface area contributed by atoms with Crippen molar-refractivity contribution < 1.29 is 9.21 Å². The molecule has 0 saturated heterocycles. The molecule has 0 aliphatic carbocycles. The van der Waals surface area contributed by atoms with Crippen LogP contribution in [0.5, 0.6) is 0 Å². The van der Waals surface area contributed by atoms with Gasteiger partial charge in [-0.05, 0) is 42.8 Å². The van der Waals surface area contributed by atoms with E-state index < -0.39 is 0 Å². The van der Waals surface area contributed by atoms with Gasteiger partial charge in [0.25, 0.3) is 5.91 Å². The zero-order valence-electron chi connectivity index (χ0n) is 15.1. The van der Waals surface area contributed by atoms with Gasteiger partial charge in [0.05, 0.1) is 17.7 Å². The summed E-state index contributed by atoms with van der Waals surface area (Å²) in [5.41, 5.74) is 2.70. The van der Waals surface area contributed by atoms with E-state index >= 15 is 0 Å². The van der Waals surface area contributed by atoms with Crippen LogP contribution >= 0.6 is 11.6 Å². The van der Waals surface area contributed by atoms with Crippen molar-refractivity contribution >= 4 is 40.0 Å². The molecule has 6 heteroatoms. The van der Waals surface area contributed by atoms with E-state index in [-0.39, 0.29) is 17.6 Å². The molecular formula is C22H18ClN3O2. The number of pyridine rings is 1. The zero-order valence-corrected chi connectivity index (χ0v) is 15.9. The molecule has 4 aromatic rings. The number of fused-ring (bicyclic) bond motifs is 1. The number of anilines is 2. The highest BCUT2D eigenvalue weighted by Gasteiger charge is 2.17. The van der Waals surface area contributed by atoms with Crippen molar-refractivity contribution in [3.8, 4) is 0 Å². The topological polar surface area (TPSA) is 67.2 Å². The molecule has 140 valence electrons. The lowest BCUT2D eigenvalue weighted by Crippen LogP contribution is -2.27. The maximum absolute atomic E-state index is 12.8. The molecule has 2 heterocycles. The fourth-order valence-corrected chi connectivity index (χ4v) is 3.07. The summed E-state index contributed by atoms with van der Waals surface area (Å²) >= 11 is 5.95. The van der Waals surface area contributed by atoms with Gasteiger partial charge >= 0.3 is 0 Å². The van der Waals surface area contributed by atoms with Gasteiger partial charge in [0.15, 0.2) is 0 Å². The summed E-state index contributed by atoms with van der Waals surface area (Å²) in [5.74, 6) is 0.278. The Morgan fingerprint density at radius 3 is 2.57 bits per heavy atom. The lowest BCUT2D eigenvalue weighted by Gasteiger charge is -2.15. The van der Waals surface area contributed by atoms with E-state index in [4.69, 9.17) is 16.0 Å². The molecule has 1 atom stereocenters. The molecule has 0 saturated carbocycles. The Morgan fingerprint density at radius 1 is 1.07 bits per heavy atom. The molecule has 0 fully saturated rings. The minimum Gasteiger partial charge on any atom is -0.464 e. The van der Waals surface area contributed by atoms with Gasteiger partial charge in [-0.1, -0.05) is 41.9 Å². The van der Waals surface area contributed by atoms with Crippen LogP contribution in [-0.4, -0.2) is 10.9 Å². The number of amides is 1. The molecule has 28 heavy (non-hydrogen) atoms. The molecule has 2 aromatic heterocycles. The molecule has 5 nitrogen and oxygen atoms in total. The Kier molecular flexibility index (Phi) is 5.00. The highest BCUT2D eigenvalue weighted by atomic mass is 35.5. The van der Waals surface area contributed by atoms with Crippen LogP contribution in [0.4, 0.5) is 11.5 Å². The van der Waals surface area contributed by atoms with Crippen molar-refractivity contribution in [1.29, 1.82) is 0 Å². The van der Waals surface area contributed by atoms with E-state index in [2.05, 4.69) is 15.6 Å². The summed E-state index contributed by atoms with van der Waals surface area (Å²) in [6.45, 7) is 1.94. The molecule has 0 aliphatic heterocycles. The predicted molar refractivity (Wildman–Crippen MR) is 111 cm³/mol. The van der Waals surface area contributed by atoms with Gasteiger partial charge in [-0.3, -0.25) is 4.79 Å². The smallest absolute Gasteiger partial charge is 0.270 e. The molecule has 0 unspecified atom stereocenters. The second-order valence-electron chi connectivity index (χ2n) is 6.43. The Hall–Kier alpha value is -3.31. The molecule has 1 amide bonds.